The first-order chi connectivity index (χ1) is 10.1. The van der Waals surface area contributed by atoms with Crippen LogP contribution in [0.15, 0.2) is 10.9 Å². The van der Waals surface area contributed by atoms with E-state index in [2.05, 4.69) is 15.5 Å². The number of nitrogens with one attached hydrogen (secondary N) is 1. The molecule has 0 radical (unpaired) electrons. The maximum Gasteiger partial charge on any atom is 0.317 e. The van der Waals surface area contributed by atoms with E-state index in [0.29, 0.717) is 44.7 Å². The van der Waals surface area contributed by atoms with Crippen molar-refractivity contribution < 1.29 is 19.2 Å². The van der Waals surface area contributed by atoms with Gasteiger partial charge in [-0.2, -0.15) is 4.98 Å². The smallest absolute Gasteiger partial charge is 0.317 e. The van der Waals surface area contributed by atoms with Gasteiger partial charge < -0.3 is 19.8 Å². The maximum absolute atomic E-state index is 12.1. The number of carboxylic acid groups (broad SMARTS) is 1. The molecule has 116 valence electrons. The Labute approximate surface area is 122 Å². The number of urea groups is 1. The van der Waals surface area contributed by atoms with Gasteiger partial charge in [-0.05, 0) is 19.3 Å². The molecule has 2 rings (SSSR count). The number of hydrogen-bond donors (Lipinski definition) is 2. The van der Waals surface area contributed by atoms with E-state index in [4.69, 9.17) is 4.52 Å². The van der Waals surface area contributed by atoms with Crippen LogP contribution in [0.5, 0.6) is 0 Å². The second kappa shape index (κ2) is 6.55. The van der Waals surface area contributed by atoms with Crippen LogP contribution in [0.2, 0.25) is 0 Å². The van der Waals surface area contributed by atoms with Crippen LogP contribution >= 0.6 is 0 Å². The quantitative estimate of drug-likeness (QED) is 0.835. The summed E-state index contributed by atoms with van der Waals surface area (Å²) in [7, 11) is 0. The summed E-state index contributed by atoms with van der Waals surface area (Å²) in [4.78, 5) is 29.0. The lowest BCUT2D eigenvalue weighted by atomic mass is 9.78. The summed E-state index contributed by atoms with van der Waals surface area (Å²) in [5.41, 5.74) is -0.817. The van der Waals surface area contributed by atoms with Crippen LogP contribution in [-0.4, -0.2) is 51.8 Å². The molecule has 1 atom stereocenters. The fraction of sp³-hybridized carbons (Fsp3) is 0.692. The number of likely N-dealkylation sites (tertiary alicyclic amines) is 1. The van der Waals surface area contributed by atoms with Crippen molar-refractivity contribution >= 4 is 12.0 Å². The Hall–Kier alpha value is -2.12. The third kappa shape index (κ3) is 3.50. The van der Waals surface area contributed by atoms with E-state index in [0.717, 1.165) is 0 Å². The van der Waals surface area contributed by atoms with Gasteiger partial charge >= 0.3 is 12.0 Å². The van der Waals surface area contributed by atoms with Gasteiger partial charge in [0.25, 0.3) is 0 Å². The van der Waals surface area contributed by atoms with Crippen molar-refractivity contribution in [2.75, 3.05) is 19.6 Å². The topological polar surface area (TPSA) is 109 Å². The molecule has 1 unspecified atom stereocenters. The number of carbonyl (C=O) groups is 2. The fourth-order valence-corrected chi connectivity index (χ4v) is 2.61. The average molecular weight is 296 g/mol. The lowest BCUT2D eigenvalue weighted by Crippen LogP contribution is -2.52. The van der Waals surface area contributed by atoms with E-state index < -0.39 is 11.4 Å². The molecule has 1 saturated heterocycles. The van der Waals surface area contributed by atoms with Gasteiger partial charge in [0.15, 0.2) is 6.33 Å². The lowest BCUT2D eigenvalue weighted by molar-refractivity contribution is -0.152. The Balaban J connectivity index is 1.85. The highest BCUT2D eigenvalue weighted by Crippen LogP contribution is 2.33. The minimum Gasteiger partial charge on any atom is -0.481 e. The Morgan fingerprint density at radius 3 is 3.00 bits per heavy atom. The molecule has 8 heteroatoms. The molecular formula is C13H20N4O4. The highest BCUT2D eigenvalue weighted by Gasteiger charge is 2.42. The van der Waals surface area contributed by atoms with E-state index in [1.54, 1.807) is 4.90 Å². The summed E-state index contributed by atoms with van der Waals surface area (Å²) < 4.78 is 4.84. The second-order valence-electron chi connectivity index (χ2n) is 5.28. The molecule has 0 saturated carbocycles. The highest BCUT2D eigenvalue weighted by molar-refractivity contribution is 5.78. The number of amides is 2. The maximum atomic E-state index is 12.1. The third-order valence-corrected chi connectivity index (χ3v) is 4.02. The van der Waals surface area contributed by atoms with Crippen molar-refractivity contribution in [3.63, 3.8) is 0 Å². The number of hydrogen-bond acceptors (Lipinski definition) is 5. The van der Waals surface area contributed by atoms with Gasteiger partial charge in [0.1, 0.15) is 0 Å². The number of aromatic nitrogens is 2. The summed E-state index contributed by atoms with van der Waals surface area (Å²) in [6, 6.07) is -0.242. The van der Waals surface area contributed by atoms with E-state index in [1.807, 2.05) is 6.92 Å². The van der Waals surface area contributed by atoms with E-state index in [-0.39, 0.29) is 12.6 Å². The molecule has 1 aromatic heterocycles. The molecular weight excluding hydrogens is 276 g/mol. The fourth-order valence-electron chi connectivity index (χ4n) is 2.61. The Kier molecular flexibility index (Phi) is 4.77. The van der Waals surface area contributed by atoms with E-state index in [1.165, 1.54) is 6.33 Å². The van der Waals surface area contributed by atoms with Gasteiger partial charge in [0.2, 0.25) is 5.89 Å². The number of rotatable bonds is 5. The highest BCUT2D eigenvalue weighted by atomic mass is 16.5. The second-order valence-corrected chi connectivity index (χ2v) is 5.28. The minimum absolute atomic E-state index is 0.242. The van der Waals surface area contributed by atoms with Crippen LogP contribution in [0, 0.1) is 5.41 Å². The molecule has 0 aliphatic carbocycles. The first kappa shape index (κ1) is 15.3. The predicted molar refractivity (Wildman–Crippen MR) is 72.6 cm³/mol. The van der Waals surface area contributed by atoms with Gasteiger partial charge in [0, 0.05) is 26.1 Å². The van der Waals surface area contributed by atoms with Crippen LogP contribution < -0.4 is 5.32 Å². The van der Waals surface area contributed by atoms with Crippen molar-refractivity contribution in [1.29, 1.82) is 0 Å². The van der Waals surface area contributed by atoms with E-state index >= 15 is 0 Å². The molecule has 0 aromatic carbocycles. The molecule has 1 aromatic rings. The van der Waals surface area contributed by atoms with Crippen molar-refractivity contribution in [3.8, 4) is 0 Å². The summed E-state index contributed by atoms with van der Waals surface area (Å²) in [5.74, 6) is -0.365. The zero-order valence-corrected chi connectivity index (χ0v) is 12.0. The average Bonchev–Trinajstić information content (AvgIpc) is 3.00. The largest absolute Gasteiger partial charge is 0.481 e. The molecule has 1 aliphatic rings. The van der Waals surface area contributed by atoms with Crippen LogP contribution in [0.4, 0.5) is 4.79 Å². The number of nitrogens with zero attached hydrogens (tertiary/aromatic N) is 3. The predicted octanol–water partition coefficient (Wildman–Crippen LogP) is 0.898. The first-order valence-corrected chi connectivity index (χ1v) is 7.09. The normalized spacial score (nSPS) is 22.0. The zero-order valence-electron chi connectivity index (χ0n) is 12.0. The number of piperidine rings is 1. The van der Waals surface area contributed by atoms with Crippen LogP contribution in [-0.2, 0) is 11.2 Å². The third-order valence-electron chi connectivity index (χ3n) is 4.02. The Morgan fingerprint density at radius 2 is 2.38 bits per heavy atom. The number of aliphatic carboxylic acids is 1. The van der Waals surface area contributed by atoms with Gasteiger partial charge in [-0.3, -0.25) is 4.79 Å². The standard InChI is InChI=1S/C13H20N4O4/c1-2-13(11(18)19)5-3-7-17(8-13)12(20)14-6-4-10-15-9-16-21-10/h9H,2-8H2,1H3,(H,14,20)(H,18,19). The van der Waals surface area contributed by atoms with Crippen LogP contribution in [0.25, 0.3) is 0 Å². The van der Waals surface area contributed by atoms with Gasteiger partial charge in [-0.15, -0.1) is 0 Å². The van der Waals surface area contributed by atoms with Crippen molar-refractivity contribution in [2.45, 2.75) is 32.6 Å². The summed E-state index contributed by atoms with van der Waals surface area (Å²) in [6.45, 7) is 3.07. The summed E-state index contributed by atoms with van der Waals surface area (Å²) >= 11 is 0. The molecule has 2 amide bonds. The van der Waals surface area contributed by atoms with E-state index in [9.17, 15) is 14.7 Å². The molecule has 0 spiro atoms. The van der Waals surface area contributed by atoms with Crippen molar-refractivity contribution in [2.24, 2.45) is 5.41 Å². The first-order valence-electron chi connectivity index (χ1n) is 7.09. The SMILES string of the molecule is CCC1(C(=O)O)CCCN(C(=O)NCCc2ncno2)C1. The molecule has 8 nitrogen and oxygen atoms in total. The van der Waals surface area contributed by atoms with Crippen molar-refractivity contribution in [3.05, 3.63) is 12.2 Å². The molecule has 2 heterocycles. The Bertz CT molecular complexity index is 490. The van der Waals surface area contributed by atoms with Gasteiger partial charge in [0.05, 0.1) is 5.41 Å². The monoisotopic (exact) mass is 296 g/mol. The summed E-state index contributed by atoms with van der Waals surface area (Å²) in [5, 5.41) is 15.6. The number of carboxylic acids is 1. The molecule has 21 heavy (non-hydrogen) atoms. The lowest BCUT2D eigenvalue weighted by Gasteiger charge is -2.39. The van der Waals surface area contributed by atoms with Crippen LogP contribution in [0.1, 0.15) is 32.1 Å². The van der Waals surface area contributed by atoms with Gasteiger partial charge in [-0.1, -0.05) is 12.1 Å². The zero-order chi connectivity index (χ0) is 15.3. The Morgan fingerprint density at radius 1 is 1.57 bits per heavy atom. The molecule has 0 bridgehead atoms. The van der Waals surface area contributed by atoms with Crippen LogP contribution in [0.3, 0.4) is 0 Å². The van der Waals surface area contributed by atoms with Gasteiger partial charge in [-0.25, -0.2) is 4.79 Å². The molecule has 1 aliphatic heterocycles. The molecule has 2 N–H and O–H groups in total. The van der Waals surface area contributed by atoms with Crippen molar-refractivity contribution in [1.82, 2.24) is 20.4 Å². The minimum atomic E-state index is -0.826. The molecule has 1 fully saturated rings. The summed E-state index contributed by atoms with van der Waals surface area (Å²) in [6.07, 6.45) is 3.61. The number of carbonyl (C=O) groups excluding carboxylic acids is 1.